The van der Waals surface area contributed by atoms with E-state index in [1.165, 1.54) is 43.2 Å². The van der Waals surface area contributed by atoms with Crippen molar-refractivity contribution in [2.45, 2.75) is 58.0 Å². The molecule has 0 atom stereocenters. The van der Waals surface area contributed by atoms with E-state index in [9.17, 15) is 0 Å². The lowest BCUT2D eigenvalue weighted by atomic mass is 9.80. The van der Waals surface area contributed by atoms with Gasteiger partial charge in [-0.15, -0.1) is 0 Å². The van der Waals surface area contributed by atoms with E-state index in [-0.39, 0.29) is 5.54 Å². The third kappa shape index (κ3) is 3.18. The minimum atomic E-state index is 0.245. The van der Waals surface area contributed by atoms with E-state index < -0.39 is 0 Å². The van der Waals surface area contributed by atoms with Gasteiger partial charge >= 0.3 is 0 Å². The Balaban J connectivity index is 2.17. The summed E-state index contributed by atoms with van der Waals surface area (Å²) in [6.45, 7) is 7.40. The molecule has 1 saturated carbocycles. The summed E-state index contributed by atoms with van der Waals surface area (Å²) in [5, 5.41) is 0. The van der Waals surface area contributed by atoms with Gasteiger partial charge in [0.25, 0.3) is 0 Å². The molecule has 0 heterocycles. The van der Waals surface area contributed by atoms with Gasteiger partial charge in [0.05, 0.1) is 0 Å². The van der Waals surface area contributed by atoms with Crippen molar-refractivity contribution >= 4 is 0 Å². The highest BCUT2D eigenvalue weighted by Crippen LogP contribution is 2.34. The van der Waals surface area contributed by atoms with Crippen LogP contribution >= 0.6 is 0 Å². The van der Waals surface area contributed by atoms with Crippen molar-refractivity contribution in [3.05, 3.63) is 35.4 Å². The van der Waals surface area contributed by atoms with Crippen LogP contribution < -0.4 is 5.73 Å². The average molecular weight is 260 g/mol. The van der Waals surface area contributed by atoms with Gasteiger partial charge in [-0.3, -0.25) is 4.90 Å². The molecule has 2 nitrogen and oxygen atoms in total. The number of benzene rings is 1. The van der Waals surface area contributed by atoms with Gasteiger partial charge in [0.1, 0.15) is 0 Å². The summed E-state index contributed by atoms with van der Waals surface area (Å²) in [4.78, 5) is 2.62. The van der Waals surface area contributed by atoms with Gasteiger partial charge in [0.2, 0.25) is 0 Å². The van der Waals surface area contributed by atoms with Crippen molar-refractivity contribution in [2.75, 3.05) is 13.1 Å². The fourth-order valence-electron chi connectivity index (χ4n) is 3.47. The highest BCUT2D eigenvalue weighted by atomic mass is 15.2. The molecule has 1 fully saturated rings. The van der Waals surface area contributed by atoms with Gasteiger partial charge in [0.15, 0.2) is 0 Å². The molecule has 2 rings (SSSR count). The Hall–Kier alpha value is -0.860. The number of likely N-dealkylation sites (N-methyl/N-ethyl adjacent to an activating group) is 1. The van der Waals surface area contributed by atoms with Gasteiger partial charge in [-0.1, -0.05) is 50.5 Å². The van der Waals surface area contributed by atoms with Crippen LogP contribution in [0.4, 0.5) is 0 Å². The normalized spacial score (nSPS) is 18.7. The third-order valence-electron chi connectivity index (χ3n) is 4.84. The molecule has 0 spiro atoms. The molecule has 0 amide bonds. The summed E-state index contributed by atoms with van der Waals surface area (Å²) in [7, 11) is 0. The first-order chi connectivity index (χ1) is 9.22. The minimum Gasteiger partial charge on any atom is -0.329 e. The Morgan fingerprint density at radius 1 is 1.16 bits per heavy atom. The number of aryl methyl sites for hydroxylation is 1. The number of nitrogens with two attached hydrogens (primary N) is 1. The van der Waals surface area contributed by atoms with Crippen molar-refractivity contribution < 1.29 is 0 Å². The molecule has 0 radical (unpaired) electrons. The van der Waals surface area contributed by atoms with Gasteiger partial charge in [-0.05, 0) is 37.4 Å². The lowest BCUT2D eigenvalue weighted by molar-refractivity contribution is 0.0545. The summed E-state index contributed by atoms with van der Waals surface area (Å²) >= 11 is 0. The summed E-state index contributed by atoms with van der Waals surface area (Å²) in [5.41, 5.74) is 9.25. The highest BCUT2D eigenvalue weighted by Gasteiger charge is 2.35. The molecular weight excluding hydrogens is 232 g/mol. The minimum absolute atomic E-state index is 0.245. The average Bonchev–Trinajstić information content (AvgIpc) is 2.47. The molecule has 1 aliphatic rings. The zero-order valence-corrected chi connectivity index (χ0v) is 12.5. The maximum Gasteiger partial charge on any atom is 0.0335 e. The second-order valence-corrected chi connectivity index (χ2v) is 5.93. The first-order valence-electron chi connectivity index (χ1n) is 7.71. The maximum atomic E-state index is 6.16. The number of rotatable bonds is 5. The summed E-state index contributed by atoms with van der Waals surface area (Å²) < 4.78 is 0. The second kappa shape index (κ2) is 6.53. The van der Waals surface area contributed by atoms with Crippen LogP contribution in [0.5, 0.6) is 0 Å². The van der Waals surface area contributed by atoms with Crippen molar-refractivity contribution in [3.63, 3.8) is 0 Å². The Morgan fingerprint density at radius 2 is 1.84 bits per heavy atom. The highest BCUT2D eigenvalue weighted by molar-refractivity contribution is 5.25. The van der Waals surface area contributed by atoms with Gasteiger partial charge in [-0.25, -0.2) is 0 Å². The van der Waals surface area contributed by atoms with Gasteiger partial charge in [-0.2, -0.15) is 0 Å². The second-order valence-electron chi connectivity index (χ2n) is 5.93. The lowest BCUT2D eigenvalue weighted by Crippen LogP contribution is -2.54. The monoisotopic (exact) mass is 260 g/mol. The number of hydrogen-bond acceptors (Lipinski definition) is 2. The summed E-state index contributed by atoms with van der Waals surface area (Å²) in [5.74, 6) is 0. The molecule has 0 bridgehead atoms. The van der Waals surface area contributed by atoms with Crippen molar-refractivity contribution in [2.24, 2.45) is 5.73 Å². The molecule has 0 aliphatic heterocycles. The quantitative estimate of drug-likeness (QED) is 0.878. The topological polar surface area (TPSA) is 29.3 Å². The number of hydrogen-bond donors (Lipinski definition) is 1. The maximum absolute atomic E-state index is 6.16. The molecular formula is C17H28N2. The molecule has 106 valence electrons. The largest absolute Gasteiger partial charge is 0.329 e. The molecule has 0 aromatic heterocycles. The fraction of sp³-hybridized carbons (Fsp3) is 0.647. The Morgan fingerprint density at radius 3 is 2.42 bits per heavy atom. The van der Waals surface area contributed by atoms with Crippen molar-refractivity contribution in [3.8, 4) is 0 Å². The SMILES string of the molecule is CCN(Cc1ccccc1C)C1(CN)CCCCC1. The van der Waals surface area contributed by atoms with E-state index in [2.05, 4.69) is 43.0 Å². The Labute approximate surface area is 118 Å². The van der Waals surface area contributed by atoms with E-state index in [1.807, 2.05) is 0 Å². The Bertz CT molecular complexity index is 394. The molecule has 2 N–H and O–H groups in total. The van der Waals surface area contributed by atoms with Gasteiger partial charge < -0.3 is 5.73 Å². The van der Waals surface area contributed by atoms with E-state index in [4.69, 9.17) is 5.73 Å². The smallest absolute Gasteiger partial charge is 0.0335 e. The molecule has 1 aromatic rings. The van der Waals surface area contributed by atoms with Gasteiger partial charge in [0, 0.05) is 18.6 Å². The van der Waals surface area contributed by atoms with Crippen LogP contribution in [0.3, 0.4) is 0 Å². The predicted molar refractivity (Wildman–Crippen MR) is 82.1 cm³/mol. The van der Waals surface area contributed by atoms with E-state index in [1.54, 1.807) is 0 Å². The van der Waals surface area contributed by atoms with Crippen LogP contribution in [0.15, 0.2) is 24.3 Å². The molecule has 0 saturated heterocycles. The zero-order valence-electron chi connectivity index (χ0n) is 12.5. The first-order valence-corrected chi connectivity index (χ1v) is 7.71. The van der Waals surface area contributed by atoms with Crippen LogP contribution in [-0.4, -0.2) is 23.5 Å². The third-order valence-corrected chi connectivity index (χ3v) is 4.84. The van der Waals surface area contributed by atoms with E-state index >= 15 is 0 Å². The molecule has 1 aliphatic carbocycles. The number of nitrogens with zero attached hydrogens (tertiary/aromatic N) is 1. The van der Waals surface area contributed by atoms with Crippen LogP contribution in [-0.2, 0) is 6.54 Å². The zero-order chi connectivity index (χ0) is 13.7. The summed E-state index contributed by atoms with van der Waals surface area (Å²) in [6, 6.07) is 8.73. The molecule has 0 unspecified atom stereocenters. The van der Waals surface area contributed by atoms with Crippen LogP contribution in [0, 0.1) is 6.92 Å². The van der Waals surface area contributed by atoms with Crippen molar-refractivity contribution in [1.29, 1.82) is 0 Å². The van der Waals surface area contributed by atoms with E-state index in [0.717, 1.165) is 19.6 Å². The van der Waals surface area contributed by atoms with Crippen LogP contribution in [0.2, 0.25) is 0 Å². The molecule has 19 heavy (non-hydrogen) atoms. The summed E-state index contributed by atoms with van der Waals surface area (Å²) in [6.07, 6.45) is 6.58. The standard InChI is InChI=1S/C17H28N2/c1-3-19(13-16-10-6-5-9-15(16)2)17(14-18)11-7-4-8-12-17/h5-6,9-10H,3-4,7-8,11-14,18H2,1-2H3. The molecule has 2 heteroatoms. The lowest BCUT2D eigenvalue weighted by Gasteiger charge is -2.46. The predicted octanol–water partition coefficient (Wildman–Crippen LogP) is 3.48. The Kier molecular flexibility index (Phi) is 5.00. The van der Waals surface area contributed by atoms with Crippen LogP contribution in [0.25, 0.3) is 0 Å². The first kappa shape index (κ1) is 14.5. The molecule has 1 aromatic carbocycles. The fourth-order valence-corrected chi connectivity index (χ4v) is 3.47. The van der Waals surface area contributed by atoms with Crippen LogP contribution in [0.1, 0.15) is 50.2 Å². The van der Waals surface area contributed by atoms with Crippen molar-refractivity contribution in [1.82, 2.24) is 4.90 Å². The van der Waals surface area contributed by atoms with E-state index in [0.29, 0.717) is 0 Å².